The molecule has 2 heterocycles. The molecule has 27 heavy (non-hydrogen) atoms. The van der Waals surface area contributed by atoms with E-state index in [2.05, 4.69) is 48.2 Å². The number of aromatic nitrogens is 1. The minimum atomic E-state index is 0.702. The molecule has 1 aliphatic heterocycles. The Morgan fingerprint density at radius 3 is 2.48 bits per heavy atom. The minimum Gasteiger partial charge on any atom is -0.492 e. The highest BCUT2D eigenvalue weighted by Crippen LogP contribution is 2.33. The number of nitrogens with zero attached hydrogens (tertiary/aromatic N) is 2. The first-order chi connectivity index (χ1) is 13.3. The summed E-state index contributed by atoms with van der Waals surface area (Å²) in [4.78, 5) is 8.47. The van der Waals surface area contributed by atoms with Gasteiger partial charge in [-0.05, 0) is 31.2 Å². The van der Waals surface area contributed by atoms with E-state index >= 15 is 0 Å². The van der Waals surface area contributed by atoms with Crippen molar-refractivity contribution in [3.63, 3.8) is 0 Å². The molecule has 140 valence electrons. The predicted octanol–water partition coefficient (Wildman–Crippen LogP) is 4.50. The molecule has 4 rings (SSSR count). The lowest BCUT2D eigenvalue weighted by molar-refractivity contribution is 0.0322. The maximum absolute atomic E-state index is 5.90. The van der Waals surface area contributed by atoms with Crippen LogP contribution in [-0.2, 0) is 4.74 Å². The Bertz CT molecular complexity index is 856. The first-order valence-corrected chi connectivity index (χ1v) is 10.2. The highest BCUT2D eigenvalue weighted by Gasteiger charge is 2.12. The van der Waals surface area contributed by atoms with Crippen molar-refractivity contribution in [2.45, 2.75) is 6.92 Å². The van der Waals surface area contributed by atoms with Crippen LogP contribution in [0.4, 0.5) is 0 Å². The smallest absolute Gasteiger partial charge is 0.124 e. The molecule has 5 heteroatoms. The van der Waals surface area contributed by atoms with Crippen molar-refractivity contribution >= 4 is 11.3 Å². The van der Waals surface area contributed by atoms with Gasteiger partial charge in [0, 0.05) is 35.6 Å². The lowest BCUT2D eigenvalue weighted by Crippen LogP contribution is -2.38. The van der Waals surface area contributed by atoms with Crippen LogP contribution in [0.5, 0.6) is 5.75 Å². The van der Waals surface area contributed by atoms with E-state index in [0.29, 0.717) is 6.61 Å². The van der Waals surface area contributed by atoms with E-state index in [1.807, 2.05) is 18.2 Å². The van der Waals surface area contributed by atoms with Gasteiger partial charge in [-0.2, -0.15) is 0 Å². The highest BCUT2D eigenvalue weighted by molar-refractivity contribution is 7.15. The molecule has 4 nitrogen and oxygen atoms in total. The number of ether oxygens (including phenoxy) is 2. The van der Waals surface area contributed by atoms with E-state index in [1.54, 1.807) is 11.3 Å². The van der Waals surface area contributed by atoms with Crippen molar-refractivity contribution in [3.8, 4) is 27.6 Å². The monoisotopic (exact) mass is 380 g/mol. The van der Waals surface area contributed by atoms with Crippen LogP contribution in [0, 0.1) is 6.92 Å². The second-order valence-electron chi connectivity index (χ2n) is 6.62. The van der Waals surface area contributed by atoms with E-state index in [1.165, 1.54) is 10.4 Å². The Kier molecular flexibility index (Phi) is 5.82. The Hall–Kier alpha value is -2.21. The fraction of sp³-hybridized carbons (Fsp3) is 0.318. The number of benzene rings is 2. The summed E-state index contributed by atoms with van der Waals surface area (Å²) in [5.74, 6) is 0.906. The largest absolute Gasteiger partial charge is 0.492 e. The summed E-state index contributed by atoms with van der Waals surface area (Å²) in [6.45, 7) is 7.42. The molecule has 1 aromatic heterocycles. The Morgan fingerprint density at radius 2 is 1.74 bits per heavy atom. The molecule has 1 aliphatic rings. The van der Waals surface area contributed by atoms with Crippen molar-refractivity contribution in [2.24, 2.45) is 0 Å². The summed E-state index contributed by atoms with van der Waals surface area (Å²) in [5, 5.41) is 1.06. The van der Waals surface area contributed by atoms with Crippen molar-refractivity contribution in [3.05, 3.63) is 59.5 Å². The molecule has 0 radical (unpaired) electrons. The molecule has 1 saturated heterocycles. The molecule has 0 saturated carbocycles. The Labute approximate surface area is 164 Å². The fourth-order valence-corrected chi connectivity index (χ4v) is 4.14. The average Bonchev–Trinajstić information content (AvgIpc) is 3.12. The maximum atomic E-state index is 5.90. The third-order valence-corrected chi connectivity index (χ3v) is 5.74. The van der Waals surface area contributed by atoms with Crippen molar-refractivity contribution < 1.29 is 9.47 Å². The summed E-state index contributed by atoms with van der Waals surface area (Å²) < 4.78 is 11.3. The lowest BCUT2D eigenvalue weighted by atomic mass is 10.1. The summed E-state index contributed by atoms with van der Waals surface area (Å²) in [6, 6.07) is 18.6. The van der Waals surface area contributed by atoms with Gasteiger partial charge in [0.05, 0.1) is 18.9 Å². The molecule has 0 bridgehead atoms. The zero-order valence-corrected chi connectivity index (χ0v) is 16.4. The van der Waals surface area contributed by atoms with E-state index in [0.717, 1.165) is 54.9 Å². The van der Waals surface area contributed by atoms with Gasteiger partial charge in [0.25, 0.3) is 0 Å². The van der Waals surface area contributed by atoms with Crippen LogP contribution in [-0.4, -0.2) is 49.3 Å². The van der Waals surface area contributed by atoms with E-state index in [4.69, 9.17) is 14.5 Å². The summed E-state index contributed by atoms with van der Waals surface area (Å²) in [7, 11) is 0. The maximum Gasteiger partial charge on any atom is 0.124 e. The van der Waals surface area contributed by atoms with Gasteiger partial charge in [-0.1, -0.05) is 30.3 Å². The van der Waals surface area contributed by atoms with Gasteiger partial charge in [-0.25, -0.2) is 4.98 Å². The van der Waals surface area contributed by atoms with Crippen LogP contribution in [0.1, 0.15) is 4.88 Å². The second-order valence-corrected chi connectivity index (χ2v) is 7.82. The predicted molar refractivity (Wildman–Crippen MR) is 110 cm³/mol. The fourth-order valence-electron chi connectivity index (χ4n) is 3.19. The van der Waals surface area contributed by atoms with Crippen LogP contribution < -0.4 is 4.74 Å². The molecule has 0 spiro atoms. The van der Waals surface area contributed by atoms with Gasteiger partial charge in [-0.3, -0.25) is 4.90 Å². The van der Waals surface area contributed by atoms with Crippen LogP contribution in [0.3, 0.4) is 0 Å². The minimum absolute atomic E-state index is 0.702. The zero-order chi connectivity index (χ0) is 18.5. The lowest BCUT2D eigenvalue weighted by Gasteiger charge is -2.26. The number of rotatable bonds is 6. The van der Waals surface area contributed by atoms with Crippen LogP contribution in [0.15, 0.2) is 54.6 Å². The van der Waals surface area contributed by atoms with Gasteiger partial charge in [0.1, 0.15) is 17.4 Å². The third kappa shape index (κ3) is 4.56. The molecule has 0 amide bonds. The Morgan fingerprint density at radius 1 is 1.00 bits per heavy atom. The number of hydrogen-bond donors (Lipinski definition) is 0. The van der Waals surface area contributed by atoms with Crippen LogP contribution >= 0.6 is 11.3 Å². The molecule has 0 aliphatic carbocycles. The molecule has 3 aromatic rings. The summed E-state index contributed by atoms with van der Waals surface area (Å²) >= 11 is 1.74. The summed E-state index contributed by atoms with van der Waals surface area (Å²) in [6.07, 6.45) is 0. The van der Waals surface area contributed by atoms with Gasteiger partial charge in [0.2, 0.25) is 0 Å². The molecule has 0 unspecified atom stereocenters. The Balaban J connectivity index is 1.39. The molecule has 2 aromatic carbocycles. The first-order valence-electron chi connectivity index (χ1n) is 9.36. The molecule has 0 N–H and O–H groups in total. The SMILES string of the molecule is Cc1sc(-c2ccccc2)nc1-c1ccc(OCCN2CCOCC2)cc1. The molecule has 0 atom stereocenters. The summed E-state index contributed by atoms with van der Waals surface area (Å²) in [5.41, 5.74) is 3.35. The first kappa shape index (κ1) is 18.2. The third-order valence-electron chi connectivity index (χ3n) is 4.73. The molecular weight excluding hydrogens is 356 g/mol. The van der Waals surface area contributed by atoms with E-state index in [9.17, 15) is 0 Å². The number of morpholine rings is 1. The van der Waals surface area contributed by atoms with E-state index in [-0.39, 0.29) is 0 Å². The quantitative estimate of drug-likeness (QED) is 0.631. The van der Waals surface area contributed by atoms with Crippen molar-refractivity contribution in [1.82, 2.24) is 9.88 Å². The van der Waals surface area contributed by atoms with Crippen LogP contribution in [0.2, 0.25) is 0 Å². The normalized spacial score (nSPS) is 15.0. The zero-order valence-electron chi connectivity index (χ0n) is 15.6. The van der Waals surface area contributed by atoms with Gasteiger partial charge < -0.3 is 9.47 Å². The number of aryl methyl sites for hydroxylation is 1. The average molecular weight is 381 g/mol. The molecule has 1 fully saturated rings. The molecular formula is C22H24N2O2S. The number of thiazole rings is 1. The van der Waals surface area contributed by atoms with Gasteiger partial charge >= 0.3 is 0 Å². The van der Waals surface area contributed by atoms with Crippen molar-refractivity contribution in [1.29, 1.82) is 0 Å². The van der Waals surface area contributed by atoms with Crippen molar-refractivity contribution in [2.75, 3.05) is 39.5 Å². The van der Waals surface area contributed by atoms with Crippen LogP contribution in [0.25, 0.3) is 21.8 Å². The topological polar surface area (TPSA) is 34.6 Å². The van der Waals surface area contributed by atoms with E-state index < -0.39 is 0 Å². The number of hydrogen-bond acceptors (Lipinski definition) is 5. The standard InChI is InChI=1S/C22H24N2O2S/c1-17-21(23-22(27-17)19-5-3-2-4-6-19)18-7-9-20(10-8-18)26-16-13-24-11-14-25-15-12-24/h2-10H,11-16H2,1H3. The van der Waals surface area contributed by atoms with Gasteiger partial charge in [0.15, 0.2) is 0 Å². The highest BCUT2D eigenvalue weighted by atomic mass is 32.1. The van der Waals surface area contributed by atoms with Gasteiger partial charge in [-0.15, -0.1) is 11.3 Å². The second kappa shape index (κ2) is 8.65.